The average molecular weight is 213 g/mol. The molecular formula is C12H25N2O+. The van der Waals surface area contributed by atoms with Crippen molar-refractivity contribution in [2.24, 2.45) is 0 Å². The minimum atomic E-state index is 0.0255. The van der Waals surface area contributed by atoms with Crippen LogP contribution in [-0.4, -0.2) is 43.4 Å². The Hall–Kier alpha value is -0.120. The molecule has 3 fully saturated rings. The fraction of sp³-hybridized carbons (Fsp3) is 1.00. The molecule has 0 radical (unpaired) electrons. The molecule has 3 unspecified atom stereocenters. The van der Waals surface area contributed by atoms with Gasteiger partial charge in [0, 0.05) is 12.8 Å². The molecular weight excluding hydrogens is 188 g/mol. The molecule has 88 valence electrons. The van der Waals surface area contributed by atoms with Gasteiger partial charge in [0.05, 0.1) is 12.6 Å². The molecule has 3 saturated heterocycles. The van der Waals surface area contributed by atoms with Crippen LogP contribution in [0.15, 0.2) is 0 Å². The van der Waals surface area contributed by atoms with E-state index in [4.69, 9.17) is 5.11 Å². The van der Waals surface area contributed by atoms with Gasteiger partial charge in [-0.25, -0.2) is 0 Å². The van der Waals surface area contributed by atoms with Gasteiger partial charge in [-0.15, -0.1) is 0 Å². The Bertz CT molecular complexity index is 155. The van der Waals surface area contributed by atoms with Crippen molar-refractivity contribution in [2.75, 3.05) is 26.2 Å². The number of nitrogens with one attached hydrogen (secondary N) is 2. The Morgan fingerprint density at radius 3 is 2.20 bits per heavy atom. The molecule has 0 spiro atoms. The predicted octanol–water partition coefficient (Wildman–Crippen LogP) is -0.442. The zero-order valence-corrected chi connectivity index (χ0v) is 9.67. The van der Waals surface area contributed by atoms with Crippen molar-refractivity contribution in [3.8, 4) is 0 Å². The minimum Gasteiger partial charge on any atom is -0.387 e. The molecule has 3 heterocycles. The van der Waals surface area contributed by atoms with Gasteiger partial charge < -0.3 is 15.3 Å². The van der Waals surface area contributed by atoms with Crippen molar-refractivity contribution in [3.05, 3.63) is 0 Å². The SMILES string of the molecule is C1CCCNCC1.OC1CC2CC[NH+]2C1. The van der Waals surface area contributed by atoms with E-state index >= 15 is 0 Å². The molecule has 3 heteroatoms. The first-order valence-electron chi connectivity index (χ1n) is 6.59. The van der Waals surface area contributed by atoms with E-state index in [1.165, 1.54) is 51.7 Å². The summed E-state index contributed by atoms with van der Waals surface area (Å²) in [5, 5.41) is 12.4. The van der Waals surface area contributed by atoms with Crippen molar-refractivity contribution in [2.45, 2.75) is 50.7 Å². The molecule has 0 saturated carbocycles. The van der Waals surface area contributed by atoms with Crippen LogP contribution in [0.25, 0.3) is 0 Å². The maximum atomic E-state index is 9.09. The largest absolute Gasteiger partial charge is 0.387 e. The second-order valence-corrected chi connectivity index (χ2v) is 5.15. The van der Waals surface area contributed by atoms with Gasteiger partial charge in [-0.1, -0.05) is 12.8 Å². The number of hydrogen-bond donors (Lipinski definition) is 3. The highest BCUT2D eigenvalue weighted by Gasteiger charge is 2.41. The van der Waals surface area contributed by atoms with Gasteiger partial charge in [0.25, 0.3) is 0 Å². The first-order valence-corrected chi connectivity index (χ1v) is 6.59. The van der Waals surface area contributed by atoms with Crippen LogP contribution >= 0.6 is 0 Å². The maximum Gasteiger partial charge on any atom is 0.108 e. The third-order valence-electron chi connectivity index (χ3n) is 3.90. The van der Waals surface area contributed by atoms with Gasteiger partial charge in [-0.3, -0.25) is 0 Å². The van der Waals surface area contributed by atoms with Gasteiger partial charge in [0.2, 0.25) is 0 Å². The molecule has 0 aromatic heterocycles. The van der Waals surface area contributed by atoms with E-state index in [1.54, 1.807) is 4.90 Å². The van der Waals surface area contributed by atoms with Crippen LogP contribution in [0.4, 0.5) is 0 Å². The fourth-order valence-corrected chi connectivity index (χ4v) is 2.80. The van der Waals surface area contributed by atoms with E-state index in [1.807, 2.05) is 0 Å². The molecule has 15 heavy (non-hydrogen) atoms. The zero-order valence-electron chi connectivity index (χ0n) is 9.67. The molecule has 0 aromatic carbocycles. The van der Waals surface area contributed by atoms with E-state index in [-0.39, 0.29) is 6.10 Å². The Labute approximate surface area is 92.8 Å². The summed E-state index contributed by atoms with van der Waals surface area (Å²) in [6.45, 7) is 4.83. The number of quaternary nitrogens is 1. The molecule has 0 amide bonds. The summed E-state index contributed by atoms with van der Waals surface area (Å²) in [5.74, 6) is 0. The zero-order chi connectivity index (χ0) is 10.5. The third-order valence-corrected chi connectivity index (χ3v) is 3.90. The lowest BCUT2D eigenvalue weighted by Gasteiger charge is -2.29. The second kappa shape index (κ2) is 5.83. The van der Waals surface area contributed by atoms with E-state index in [0.29, 0.717) is 0 Å². The summed E-state index contributed by atoms with van der Waals surface area (Å²) in [7, 11) is 0. The molecule has 3 aliphatic heterocycles. The number of hydrogen-bond acceptors (Lipinski definition) is 2. The third kappa shape index (κ3) is 3.44. The lowest BCUT2D eigenvalue weighted by Crippen LogP contribution is -3.20. The summed E-state index contributed by atoms with van der Waals surface area (Å²) in [6, 6.07) is 0.838. The number of aliphatic hydroxyl groups is 1. The second-order valence-electron chi connectivity index (χ2n) is 5.15. The van der Waals surface area contributed by atoms with Crippen molar-refractivity contribution in [1.82, 2.24) is 5.32 Å². The van der Waals surface area contributed by atoms with Crippen molar-refractivity contribution < 1.29 is 10.0 Å². The van der Waals surface area contributed by atoms with Gasteiger partial charge in [-0.2, -0.15) is 0 Å². The van der Waals surface area contributed by atoms with Crippen LogP contribution in [0.2, 0.25) is 0 Å². The van der Waals surface area contributed by atoms with Crippen LogP contribution in [0, 0.1) is 0 Å². The minimum absolute atomic E-state index is 0.0255. The molecule has 3 atom stereocenters. The Morgan fingerprint density at radius 2 is 1.80 bits per heavy atom. The highest BCUT2D eigenvalue weighted by atomic mass is 16.3. The topological polar surface area (TPSA) is 36.7 Å². The lowest BCUT2D eigenvalue weighted by molar-refractivity contribution is -0.954. The average Bonchev–Trinajstić information content (AvgIpc) is 2.53. The highest BCUT2D eigenvalue weighted by molar-refractivity contribution is 4.75. The van der Waals surface area contributed by atoms with Gasteiger partial charge >= 0.3 is 0 Å². The normalized spacial score (nSPS) is 39.4. The summed E-state index contributed by atoms with van der Waals surface area (Å²) in [4.78, 5) is 1.64. The van der Waals surface area contributed by atoms with Gasteiger partial charge in [0.15, 0.2) is 0 Å². The molecule has 3 aliphatic rings. The summed E-state index contributed by atoms with van der Waals surface area (Å²) < 4.78 is 0. The first kappa shape index (κ1) is 11.4. The Kier molecular flexibility index (Phi) is 4.42. The predicted molar refractivity (Wildman–Crippen MR) is 61.1 cm³/mol. The van der Waals surface area contributed by atoms with E-state index in [0.717, 1.165) is 19.0 Å². The molecule has 3 nitrogen and oxygen atoms in total. The van der Waals surface area contributed by atoms with Gasteiger partial charge in [0.1, 0.15) is 12.6 Å². The van der Waals surface area contributed by atoms with Crippen LogP contribution in [0.5, 0.6) is 0 Å². The molecule has 0 aromatic rings. The van der Waals surface area contributed by atoms with Crippen molar-refractivity contribution >= 4 is 0 Å². The number of fused-ring (bicyclic) bond motifs is 1. The molecule has 3 rings (SSSR count). The van der Waals surface area contributed by atoms with E-state index in [9.17, 15) is 0 Å². The van der Waals surface area contributed by atoms with E-state index in [2.05, 4.69) is 5.32 Å². The maximum absolute atomic E-state index is 9.09. The van der Waals surface area contributed by atoms with Gasteiger partial charge in [-0.05, 0) is 25.9 Å². The van der Waals surface area contributed by atoms with Crippen LogP contribution < -0.4 is 10.2 Å². The first-order chi connectivity index (χ1) is 7.36. The standard InChI is InChI=1S/C6H11NO.C6H13N/c8-6-3-5-1-2-7(5)4-6;1-2-4-6-7-5-3-1/h5-6,8H,1-4H2;7H,1-6H2/p+1. The van der Waals surface area contributed by atoms with Crippen LogP contribution in [0.3, 0.4) is 0 Å². The van der Waals surface area contributed by atoms with E-state index < -0.39 is 0 Å². The summed E-state index contributed by atoms with van der Waals surface area (Å²) in [6.07, 6.45) is 8.10. The fourth-order valence-electron chi connectivity index (χ4n) is 2.80. The number of aliphatic hydroxyl groups excluding tert-OH is 1. The van der Waals surface area contributed by atoms with Crippen molar-refractivity contribution in [3.63, 3.8) is 0 Å². The summed E-state index contributed by atoms with van der Waals surface area (Å²) in [5.41, 5.74) is 0. The molecule has 0 aliphatic carbocycles. The Morgan fingerprint density at radius 1 is 1.07 bits per heavy atom. The van der Waals surface area contributed by atoms with Crippen LogP contribution in [-0.2, 0) is 0 Å². The smallest absolute Gasteiger partial charge is 0.108 e. The van der Waals surface area contributed by atoms with Crippen molar-refractivity contribution in [1.29, 1.82) is 0 Å². The van der Waals surface area contributed by atoms with Crippen LogP contribution in [0.1, 0.15) is 38.5 Å². The monoisotopic (exact) mass is 213 g/mol. The summed E-state index contributed by atoms with van der Waals surface area (Å²) >= 11 is 0. The molecule has 0 bridgehead atoms. The number of rotatable bonds is 0. The highest BCUT2D eigenvalue weighted by Crippen LogP contribution is 2.09. The lowest BCUT2D eigenvalue weighted by atomic mass is 10.1. The molecule has 3 N–H and O–H groups in total. The Balaban J connectivity index is 0.000000115. The quantitative estimate of drug-likeness (QED) is 0.510.